The fourth-order valence-electron chi connectivity index (χ4n) is 2.40. The van der Waals surface area contributed by atoms with E-state index in [2.05, 4.69) is 27.1 Å². The van der Waals surface area contributed by atoms with Crippen molar-refractivity contribution in [2.75, 3.05) is 0 Å². The molecule has 2 aromatic heterocycles. The van der Waals surface area contributed by atoms with Crippen LogP contribution in [0.4, 0.5) is 5.13 Å². The van der Waals surface area contributed by atoms with Crippen LogP contribution in [0.5, 0.6) is 0 Å². The van der Waals surface area contributed by atoms with Gasteiger partial charge in [-0.3, -0.25) is 0 Å². The van der Waals surface area contributed by atoms with Gasteiger partial charge in [0.05, 0.1) is 5.69 Å². The van der Waals surface area contributed by atoms with Crippen molar-refractivity contribution in [1.82, 2.24) is 9.97 Å². The predicted molar refractivity (Wildman–Crippen MR) is 98.1 cm³/mol. The second-order valence-corrected chi connectivity index (χ2v) is 6.34. The first-order chi connectivity index (χ1) is 11.3. The van der Waals surface area contributed by atoms with E-state index in [1.807, 2.05) is 54.2 Å². The van der Waals surface area contributed by atoms with Crippen LogP contribution in [-0.2, 0) is 0 Å². The molecule has 0 spiro atoms. The number of nitrogens with one attached hydrogen (secondary N) is 1. The van der Waals surface area contributed by atoms with Crippen LogP contribution < -0.4 is 0 Å². The van der Waals surface area contributed by atoms with E-state index in [9.17, 15) is 0 Å². The zero-order valence-electron chi connectivity index (χ0n) is 12.0. The van der Waals surface area contributed by atoms with Crippen molar-refractivity contribution in [3.05, 3.63) is 70.7 Å². The average Bonchev–Trinajstić information content (AvgIpc) is 3.20. The molecule has 0 atom stereocenters. The van der Waals surface area contributed by atoms with E-state index in [0.717, 1.165) is 37.9 Å². The highest BCUT2D eigenvalue weighted by Crippen LogP contribution is 2.27. The quantitative estimate of drug-likeness (QED) is 0.479. The molecular formula is C18H12ClN3S. The van der Waals surface area contributed by atoms with Crippen molar-refractivity contribution < 1.29 is 0 Å². The van der Waals surface area contributed by atoms with E-state index in [1.54, 1.807) is 0 Å². The van der Waals surface area contributed by atoms with Gasteiger partial charge in [-0.15, -0.1) is 11.3 Å². The van der Waals surface area contributed by atoms with E-state index in [0.29, 0.717) is 0 Å². The van der Waals surface area contributed by atoms with Gasteiger partial charge in [0.1, 0.15) is 0 Å². The van der Waals surface area contributed by atoms with E-state index < -0.39 is 0 Å². The molecule has 1 N–H and O–H groups in total. The van der Waals surface area contributed by atoms with Gasteiger partial charge in [-0.2, -0.15) is 0 Å². The molecule has 0 saturated carbocycles. The standard InChI is InChI=1S/C18H12ClN3S/c19-14-7-5-12(6-8-14)17-11-23-18(22-17)21-10-13-9-20-16-4-2-1-3-15(13)16/h1-11,20H. The summed E-state index contributed by atoms with van der Waals surface area (Å²) >= 11 is 7.44. The summed E-state index contributed by atoms with van der Waals surface area (Å²) < 4.78 is 0. The van der Waals surface area contributed by atoms with Gasteiger partial charge in [-0.1, -0.05) is 41.9 Å². The molecule has 112 valence electrons. The predicted octanol–water partition coefficient (Wildman–Crippen LogP) is 5.70. The van der Waals surface area contributed by atoms with Crippen molar-refractivity contribution in [2.45, 2.75) is 0 Å². The molecule has 4 rings (SSSR count). The van der Waals surface area contributed by atoms with E-state index in [1.165, 1.54) is 11.3 Å². The Labute approximate surface area is 142 Å². The molecule has 2 aromatic carbocycles. The van der Waals surface area contributed by atoms with Gasteiger partial charge in [0, 0.05) is 44.8 Å². The minimum atomic E-state index is 0.724. The van der Waals surface area contributed by atoms with Gasteiger partial charge in [-0.05, 0) is 18.2 Å². The number of hydrogen-bond donors (Lipinski definition) is 1. The van der Waals surface area contributed by atoms with Crippen molar-refractivity contribution >= 4 is 45.2 Å². The van der Waals surface area contributed by atoms with Gasteiger partial charge in [-0.25, -0.2) is 9.98 Å². The van der Waals surface area contributed by atoms with Crippen molar-refractivity contribution in [1.29, 1.82) is 0 Å². The van der Waals surface area contributed by atoms with Crippen LogP contribution in [0.3, 0.4) is 0 Å². The van der Waals surface area contributed by atoms with Crippen molar-refractivity contribution in [2.24, 2.45) is 4.99 Å². The van der Waals surface area contributed by atoms with Gasteiger partial charge in [0.2, 0.25) is 5.13 Å². The van der Waals surface area contributed by atoms with Gasteiger partial charge in [0.15, 0.2) is 0 Å². The molecule has 0 fully saturated rings. The normalized spacial score (nSPS) is 11.5. The molecular weight excluding hydrogens is 326 g/mol. The molecule has 5 heteroatoms. The number of nitrogens with zero attached hydrogens (tertiary/aromatic N) is 2. The maximum absolute atomic E-state index is 5.91. The van der Waals surface area contributed by atoms with Crippen LogP contribution in [0.15, 0.2) is 65.1 Å². The second kappa shape index (κ2) is 5.99. The number of aromatic nitrogens is 2. The van der Waals surface area contributed by atoms with Crippen molar-refractivity contribution in [3.63, 3.8) is 0 Å². The molecule has 0 radical (unpaired) electrons. The number of fused-ring (bicyclic) bond motifs is 1. The molecule has 0 unspecified atom stereocenters. The minimum Gasteiger partial charge on any atom is -0.361 e. The second-order valence-electron chi connectivity index (χ2n) is 5.07. The fraction of sp³-hybridized carbons (Fsp3) is 0. The highest BCUT2D eigenvalue weighted by Gasteiger charge is 2.04. The first kappa shape index (κ1) is 14.2. The summed E-state index contributed by atoms with van der Waals surface area (Å²) in [7, 11) is 0. The number of thiazole rings is 1. The lowest BCUT2D eigenvalue weighted by atomic mass is 10.2. The lowest BCUT2D eigenvalue weighted by Gasteiger charge is -1.95. The SMILES string of the molecule is Clc1ccc(-c2csc(N=Cc3c[nH]c4ccccc34)n2)cc1. The Morgan fingerprint density at radius 1 is 1.09 bits per heavy atom. The van der Waals surface area contributed by atoms with Crippen LogP contribution in [0.1, 0.15) is 5.56 Å². The summed E-state index contributed by atoms with van der Waals surface area (Å²) in [6.45, 7) is 0. The third-order valence-corrected chi connectivity index (χ3v) is 4.57. The maximum Gasteiger partial charge on any atom is 0.209 e. The summed E-state index contributed by atoms with van der Waals surface area (Å²) in [4.78, 5) is 12.3. The summed E-state index contributed by atoms with van der Waals surface area (Å²) in [6.07, 6.45) is 3.81. The molecule has 0 aliphatic rings. The van der Waals surface area contributed by atoms with Crippen LogP contribution in [0, 0.1) is 0 Å². The molecule has 0 aliphatic heterocycles. The number of halogens is 1. The lowest BCUT2D eigenvalue weighted by Crippen LogP contribution is -1.78. The molecule has 0 saturated heterocycles. The number of aromatic amines is 1. The number of rotatable bonds is 3. The molecule has 2 heterocycles. The topological polar surface area (TPSA) is 41.0 Å². The van der Waals surface area contributed by atoms with E-state index >= 15 is 0 Å². The number of para-hydroxylation sites is 1. The largest absolute Gasteiger partial charge is 0.361 e. The number of aliphatic imine (C=N–C) groups is 1. The summed E-state index contributed by atoms with van der Waals surface area (Å²) in [5, 5.41) is 4.62. The maximum atomic E-state index is 5.91. The van der Waals surface area contributed by atoms with Crippen LogP contribution in [0.2, 0.25) is 5.02 Å². The first-order valence-corrected chi connectivity index (χ1v) is 8.37. The van der Waals surface area contributed by atoms with Crippen molar-refractivity contribution in [3.8, 4) is 11.3 Å². The Balaban J connectivity index is 1.61. The Hall–Kier alpha value is -2.43. The van der Waals surface area contributed by atoms with Gasteiger partial charge in [0.25, 0.3) is 0 Å². The monoisotopic (exact) mass is 337 g/mol. The molecule has 0 aliphatic carbocycles. The fourth-order valence-corrected chi connectivity index (χ4v) is 3.20. The smallest absolute Gasteiger partial charge is 0.209 e. The Morgan fingerprint density at radius 3 is 2.78 bits per heavy atom. The molecule has 3 nitrogen and oxygen atoms in total. The highest BCUT2D eigenvalue weighted by atomic mass is 35.5. The van der Waals surface area contributed by atoms with Crippen LogP contribution in [-0.4, -0.2) is 16.2 Å². The summed E-state index contributed by atoms with van der Waals surface area (Å²) in [5.74, 6) is 0. The van der Waals surface area contributed by atoms with Gasteiger partial charge < -0.3 is 4.98 Å². The minimum absolute atomic E-state index is 0.724. The average molecular weight is 338 g/mol. The van der Waals surface area contributed by atoms with E-state index in [4.69, 9.17) is 11.6 Å². The zero-order chi connectivity index (χ0) is 15.6. The molecule has 4 aromatic rings. The molecule has 23 heavy (non-hydrogen) atoms. The number of hydrogen-bond acceptors (Lipinski definition) is 3. The third kappa shape index (κ3) is 2.91. The Kier molecular flexibility index (Phi) is 3.69. The first-order valence-electron chi connectivity index (χ1n) is 7.11. The number of H-pyrrole nitrogens is 1. The van der Waals surface area contributed by atoms with Crippen LogP contribution >= 0.6 is 22.9 Å². The highest BCUT2D eigenvalue weighted by molar-refractivity contribution is 7.13. The molecule has 0 amide bonds. The molecule has 0 bridgehead atoms. The zero-order valence-corrected chi connectivity index (χ0v) is 13.6. The lowest BCUT2D eigenvalue weighted by molar-refractivity contribution is 1.36. The Morgan fingerprint density at radius 2 is 1.91 bits per heavy atom. The van der Waals surface area contributed by atoms with E-state index in [-0.39, 0.29) is 0 Å². The summed E-state index contributed by atoms with van der Waals surface area (Å²) in [6, 6.07) is 15.8. The third-order valence-electron chi connectivity index (χ3n) is 3.57. The Bertz CT molecular complexity index is 983. The summed E-state index contributed by atoms with van der Waals surface area (Å²) in [5.41, 5.74) is 4.12. The van der Waals surface area contributed by atoms with Crippen LogP contribution in [0.25, 0.3) is 22.2 Å². The number of benzene rings is 2. The van der Waals surface area contributed by atoms with Gasteiger partial charge >= 0.3 is 0 Å².